The molecule has 0 aliphatic heterocycles. The number of fused-ring (bicyclic) bond motifs is 1. The van der Waals surface area contributed by atoms with Crippen LogP contribution in [0.25, 0.3) is 22.9 Å². The topological polar surface area (TPSA) is 81.6 Å². The van der Waals surface area contributed by atoms with Gasteiger partial charge in [0.2, 0.25) is 5.91 Å². The molecule has 0 saturated carbocycles. The lowest BCUT2D eigenvalue weighted by molar-refractivity contribution is -0.116. The molecular weight excluding hydrogens is 411 g/mol. The van der Waals surface area contributed by atoms with Gasteiger partial charge in [0, 0.05) is 19.6 Å². The van der Waals surface area contributed by atoms with Crippen molar-refractivity contribution in [3.63, 3.8) is 0 Å². The summed E-state index contributed by atoms with van der Waals surface area (Å²) in [6, 6.07) is 15.4. The van der Waals surface area contributed by atoms with E-state index in [1.165, 1.54) is 6.08 Å². The molecule has 168 valence electrons. The fourth-order valence-corrected chi connectivity index (χ4v) is 4.11. The van der Waals surface area contributed by atoms with Gasteiger partial charge in [0.1, 0.15) is 0 Å². The van der Waals surface area contributed by atoms with Crippen molar-refractivity contribution in [1.29, 1.82) is 0 Å². The van der Waals surface area contributed by atoms with Gasteiger partial charge in [-0.15, -0.1) is 0 Å². The molecule has 3 aromatic rings. The number of carbonyl (C=O) groups is 1. The number of hydrogen-bond acceptors (Lipinski definition) is 4. The Morgan fingerprint density at radius 3 is 2.18 bits per heavy atom. The number of amides is 1. The second kappa shape index (κ2) is 11.4. The largest absolute Gasteiger partial charge is 0.488 e. The second-order valence-corrected chi connectivity index (χ2v) is 7.63. The number of hydrogen-bond donors (Lipinski definition) is 4. The summed E-state index contributed by atoms with van der Waals surface area (Å²) in [5.74, 6) is -0.221. The molecule has 0 aromatic heterocycles. The molecule has 0 spiro atoms. The first-order valence-electron chi connectivity index (χ1n) is 10.9. The predicted molar refractivity (Wildman–Crippen MR) is 138 cm³/mol. The molecule has 3 aromatic carbocycles. The van der Waals surface area contributed by atoms with Crippen LogP contribution in [-0.2, 0) is 24.4 Å². The van der Waals surface area contributed by atoms with Gasteiger partial charge in [0.15, 0.2) is 0 Å². The minimum Gasteiger partial charge on any atom is -0.423 e. The van der Waals surface area contributed by atoms with Crippen LogP contribution in [0.4, 0.5) is 0 Å². The lowest BCUT2D eigenvalue weighted by atomic mass is 9.77. The molecule has 0 unspecified atom stereocenters. The zero-order valence-electron chi connectivity index (χ0n) is 18.8. The van der Waals surface area contributed by atoms with Crippen LogP contribution < -0.4 is 16.1 Å². The Labute approximate surface area is 195 Å². The van der Waals surface area contributed by atoms with Gasteiger partial charge in [-0.2, -0.15) is 0 Å². The minimum absolute atomic E-state index is 0.221. The number of allylic oxidation sites excluding steroid dienone is 1. The van der Waals surface area contributed by atoms with Crippen molar-refractivity contribution in [3.8, 4) is 0 Å². The van der Waals surface area contributed by atoms with Crippen LogP contribution in [0.1, 0.15) is 34.7 Å². The summed E-state index contributed by atoms with van der Waals surface area (Å²) >= 11 is 0. The van der Waals surface area contributed by atoms with E-state index in [1.54, 1.807) is 12.1 Å². The first kappa shape index (κ1) is 24.2. The van der Waals surface area contributed by atoms with Gasteiger partial charge < -0.3 is 20.7 Å². The standard InChI is InChI=1S/C27H29BN2O3/c1-4-11-21-20(5-2)24(17-29-16-19-12-7-10-15-26(19)28(32)33)22-13-8-9-14-23(22)25(21)18-30-27(31)6-3/h4-15,29,32-33H,2-3,16-18H2,1H3,(H,30,31). The lowest BCUT2D eigenvalue weighted by Gasteiger charge is -2.20. The predicted octanol–water partition coefficient (Wildman–Crippen LogP) is 3.29. The second-order valence-electron chi connectivity index (χ2n) is 7.63. The molecule has 0 aliphatic rings. The summed E-state index contributed by atoms with van der Waals surface area (Å²) in [5, 5.41) is 27.8. The fourth-order valence-electron chi connectivity index (χ4n) is 4.11. The molecule has 33 heavy (non-hydrogen) atoms. The average molecular weight is 440 g/mol. The van der Waals surface area contributed by atoms with E-state index in [1.807, 2.05) is 49.4 Å². The van der Waals surface area contributed by atoms with Crippen molar-refractivity contribution in [2.75, 3.05) is 0 Å². The van der Waals surface area contributed by atoms with Crippen molar-refractivity contribution in [2.24, 2.45) is 0 Å². The molecule has 4 N–H and O–H groups in total. The van der Waals surface area contributed by atoms with Gasteiger partial charge in [-0.05, 0) is 57.1 Å². The molecule has 5 nitrogen and oxygen atoms in total. The van der Waals surface area contributed by atoms with Crippen molar-refractivity contribution in [2.45, 2.75) is 26.6 Å². The van der Waals surface area contributed by atoms with Gasteiger partial charge in [0.25, 0.3) is 0 Å². The third kappa shape index (κ3) is 5.49. The van der Waals surface area contributed by atoms with E-state index in [0.717, 1.165) is 38.6 Å². The Morgan fingerprint density at radius 1 is 0.939 bits per heavy atom. The first-order valence-corrected chi connectivity index (χ1v) is 10.9. The number of rotatable bonds is 10. The lowest BCUT2D eigenvalue weighted by Crippen LogP contribution is -2.34. The minimum atomic E-state index is -1.51. The molecule has 0 radical (unpaired) electrons. The van der Waals surface area contributed by atoms with Crippen LogP contribution in [0, 0.1) is 0 Å². The molecule has 0 bridgehead atoms. The molecule has 6 heteroatoms. The number of nitrogens with one attached hydrogen (secondary N) is 2. The maximum absolute atomic E-state index is 11.9. The Hall–Kier alpha value is -3.45. The highest BCUT2D eigenvalue weighted by molar-refractivity contribution is 6.59. The summed E-state index contributed by atoms with van der Waals surface area (Å²) < 4.78 is 0. The molecule has 0 saturated heterocycles. The highest BCUT2D eigenvalue weighted by Gasteiger charge is 2.18. The van der Waals surface area contributed by atoms with Crippen LogP contribution in [0.5, 0.6) is 0 Å². The summed E-state index contributed by atoms with van der Waals surface area (Å²) in [6.45, 7) is 11.0. The van der Waals surface area contributed by atoms with Crippen molar-refractivity contribution in [3.05, 3.63) is 102 Å². The number of benzene rings is 3. The summed E-state index contributed by atoms with van der Waals surface area (Å²) in [4.78, 5) is 11.9. The molecule has 0 fully saturated rings. The van der Waals surface area contributed by atoms with Crippen molar-refractivity contribution in [1.82, 2.24) is 10.6 Å². The fraction of sp³-hybridized carbons (Fsp3) is 0.148. The van der Waals surface area contributed by atoms with Crippen LogP contribution in [0.2, 0.25) is 0 Å². The van der Waals surface area contributed by atoms with E-state index in [4.69, 9.17) is 0 Å². The van der Waals surface area contributed by atoms with E-state index in [9.17, 15) is 14.8 Å². The van der Waals surface area contributed by atoms with Gasteiger partial charge >= 0.3 is 7.12 Å². The first-order chi connectivity index (χ1) is 16.0. The quantitative estimate of drug-likeness (QED) is 0.288. The van der Waals surface area contributed by atoms with Crippen LogP contribution in [0.15, 0.2) is 73.8 Å². The smallest absolute Gasteiger partial charge is 0.423 e. The van der Waals surface area contributed by atoms with Gasteiger partial charge in [-0.25, -0.2) is 0 Å². The normalized spacial score (nSPS) is 11.0. The summed E-state index contributed by atoms with van der Waals surface area (Å²) in [7, 11) is -1.51. The van der Waals surface area contributed by atoms with Crippen molar-refractivity contribution < 1.29 is 14.8 Å². The molecule has 3 rings (SSSR count). The SMILES string of the molecule is C=CC(=O)NCc1c(C=CC)c(C=C)c(CNCc2ccccc2B(O)O)c2ccccc12. The number of carbonyl (C=O) groups excluding carboxylic acids is 1. The van der Waals surface area contributed by atoms with Crippen LogP contribution in [0.3, 0.4) is 0 Å². The maximum Gasteiger partial charge on any atom is 0.488 e. The zero-order chi connectivity index (χ0) is 23.8. The average Bonchev–Trinajstić information content (AvgIpc) is 2.83. The monoisotopic (exact) mass is 440 g/mol. The Balaban J connectivity index is 2.04. The van der Waals surface area contributed by atoms with Crippen molar-refractivity contribution >= 4 is 41.4 Å². The maximum atomic E-state index is 11.9. The zero-order valence-corrected chi connectivity index (χ0v) is 18.8. The molecule has 1 amide bonds. The van der Waals surface area contributed by atoms with E-state index >= 15 is 0 Å². The summed E-state index contributed by atoms with van der Waals surface area (Å²) in [5.41, 5.74) is 5.44. The summed E-state index contributed by atoms with van der Waals surface area (Å²) in [6.07, 6.45) is 7.14. The van der Waals surface area contributed by atoms with E-state index < -0.39 is 7.12 Å². The third-order valence-electron chi connectivity index (χ3n) is 5.63. The van der Waals surface area contributed by atoms with E-state index in [-0.39, 0.29) is 5.91 Å². The van der Waals surface area contributed by atoms with E-state index in [0.29, 0.717) is 25.1 Å². The Morgan fingerprint density at radius 2 is 1.58 bits per heavy atom. The third-order valence-corrected chi connectivity index (χ3v) is 5.63. The van der Waals surface area contributed by atoms with Gasteiger partial charge in [0.05, 0.1) is 0 Å². The van der Waals surface area contributed by atoms with Crippen LogP contribution in [-0.4, -0.2) is 23.1 Å². The Bertz CT molecular complexity index is 1200. The molecule has 0 heterocycles. The molecular formula is C27H29BN2O3. The van der Waals surface area contributed by atoms with E-state index in [2.05, 4.69) is 35.9 Å². The molecule has 0 atom stereocenters. The highest BCUT2D eigenvalue weighted by atomic mass is 16.4. The van der Waals surface area contributed by atoms with Gasteiger partial charge in [-0.3, -0.25) is 4.79 Å². The van der Waals surface area contributed by atoms with Gasteiger partial charge in [-0.1, -0.05) is 79.9 Å². The molecule has 0 aliphatic carbocycles. The Kier molecular flexibility index (Phi) is 8.38. The highest BCUT2D eigenvalue weighted by Crippen LogP contribution is 2.33. The van der Waals surface area contributed by atoms with Crippen LogP contribution >= 0.6 is 0 Å².